The Hall–Kier alpha value is -2.14. The summed E-state index contributed by atoms with van der Waals surface area (Å²) in [5.41, 5.74) is 7.14. The predicted molar refractivity (Wildman–Crippen MR) is 122 cm³/mol. The van der Waals surface area contributed by atoms with Gasteiger partial charge in [-0.3, -0.25) is 9.09 Å². The Morgan fingerprint density at radius 1 is 0.921 bits per heavy atom. The van der Waals surface area contributed by atoms with E-state index in [1.807, 2.05) is 0 Å². The second kappa shape index (κ2) is 10.1. The van der Waals surface area contributed by atoms with Crippen molar-refractivity contribution >= 4 is 40.4 Å². The van der Waals surface area contributed by atoms with Crippen molar-refractivity contribution in [2.45, 2.75) is 30.8 Å². The molecule has 38 heavy (non-hydrogen) atoms. The average Bonchev–Trinajstić information content (AvgIpc) is 3.50. The fourth-order valence-corrected chi connectivity index (χ4v) is 7.02. The maximum Gasteiger partial charge on any atom is 0.490 e. The highest BCUT2D eigenvalue weighted by atomic mass is 31.3. The molecule has 0 aliphatic carbocycles. The molecule has 2 aromatic heterocycles. The quantitative estimate of drug-likeness (QED) is 0.217. The molecule has 3 aromatic rings. The number of aromatic nitrogens is 4. The molecule has 5 rings (SSSR count). The van der Waals surface area contributed by atoms with Crippen LogP contribution in [-0.2, 0) is 41.1 Å². The van der Waals surface area contributed by atoms with Crippen molar-refractivity contribution < 1.29 is 60.6 Å². The Kier molecular flexibility index (Phi) is 7.30. The van der Waals surface area contributed by atoms with Crippen molar-refractivity contribution in [1.29, 1.82) is 0 Å². The zero-order chi connectivity index (χ0) is 27.3. The molecule has 0 spiro atoms. The van der Waals surface area contributed by atoms with Crippen LogP contribution in [0.4, 0.5) is 5.82 Å². The number of phosphoric ester groups is 1. The summed E-state index contributed by atoms with van der Waals surface area (Å²) in [7, 11) is -16.6. The molecule has 2 fully saturated rings. The van der Waals surface area contributed by atoms with Gasteiger partial charge in [0.25, 0.3) is 0 Å². The lowest BCUT2D eigenvalue weighted by Crippen LogP contribution is -2.31. The van der Waals surface area contributed by atoms with Gasteiger partial charge in [0.2, 0.25) is 0 Å². The third kappa shape index (κ3) is 5.88. The van der Waals surface area contributed by atoms with Crippen LogP contribution < -0.4 is 5.73 Å². The van der Waals surface area contributed by atoms with Gasteiger partial charge in [-0.25, -0.2) is 28.6 Å². The molecule has 7 atom stereocenters. The number of nitrogen functional groups attached to an aromatic ring is 1. The van der Waals surface area contributed by atoms with E-state index in [1.54, 1.807) is 30.3 Å². The minimum atomic E-state index is -5.69. The summed E-state index contributed by atoms with van der Waals surface area (Å²) in [5.74, 6) is 0.123. The predicted octanol–water partition coefficient (Wildman–Crippen LogP) is 1.13. The molecule has 2 unspecified atom stereocenters. The molecule has 206 valence electrons. The van der Waals surface area contributed by atoms with E-state index in [9.17, 15) is 23.5 Å². The van der Waals surface area contributed by atoms with Crippen molar-refractivity contribution in [3.8, 4) is 0 Å². The summed E-state index contributed by atoms with van der Waals surface area (Å²) in [6.45, 7) is -0.740. The molecule has 0 amide bonds. The smallest absolute Gasteiger partial charge is 0.382 e. The number of hydrogen-bond acceptors (Lipinski definition) is 13. The molecule has 2 aliphatic rings. The van der Waals surface area contributed by atoms with Gasteiger partial charge >= 0.3 is 23.5 Å². The summed E-state index contributed by atoms with van der Waals surface area (Å²) >= 11 is 0. The molecule has 0 saturated carbocycles. The van der Waals surface area contributed by atoms with Gasteiger partial charge in [0.1, 0.15) is 30.2 Å². The second-order valence-electron chi connectivity index (χ2n) is 7.98. The minimum Gasteiger partial charge on any atom is -0.382 e. The summed E-state index contributed by atoms with van der Waals surface area (Å²) in [6, 6.07) is 8.89. The fraction of sp³-hybridized carbons (Fsp3) is 0.353. The molecule has 0 bridgehead atoms. The molecule has 18 nitrogen and oxygen atoms in total. The van der Waals surface area contributed by atoms with Crippen LogP contribution in [0.5, 0.6) is 0 Å². The zero-order valence-electron chi connectivity index (χ0n) is 18.8. The number of nitrogens with zero attached hydrogens (tertiary/aromatic N) is 4. The third-order valence-corrected chi connectivity index (χ3v) is 9.20. The van der Waals surface area contributed by atoms with E-state index in [2.05, 4.69) is 23.6 Å². The van der Waals surface area contributed by atoms with Crippen molar-refractivity contribution in [2.24, 2.45) is 0 Å². The third-order valence-electron chi connectivity index (χ3n) is 5.40. The van der Waals surface area contributed by atoms with Gasteiger partial charge in [-0.15, -0.1) is 0 Å². The van der Waals surface area contributed by atoms with E-state index in [0.717, 1.165) is 0 Å². The molecule has 2 aliphatic heterocycles. The van der Waals surface area contributed by atoms with Crippen LogP contribution in [0.1, 0.15) is 18.1 Å². The van der Waals surface area contributed by atoms with Gasteiger partial charge in [-0.1, -0.05) is 30.3 Å². The lowest BCUT2D eigenvalue weighted by Gasteiger charge is -2.22. The first-order valence-corrected chi connectivity index (χ1v) is 15.1. The molecule has 1 aromatic carbocycles. The molecule has 2 saturated heterocycles. The molecular formula is C17H20N5O13P3. The van der Waals surface area contributed by atoms with Gasteiger partial charge in [0, 0.05) is 5.56 Å². The Balaban J connectivity index is 1.38. The SMILES string of the molecule is Nc1ncnc2c1ncn2[C@@H]1O[C@H](COP(=O)(O)OP(=O)(O)OP(=O)(O)O)[C@H]2O[C@@H](c3ccccc3)O[C@H]21. The van der Waals surface area contributed by atoms with Crippen LogP contribution in [0.3, 0.4) is 0 Å². The van der Waals surface area contributed by atoms with Crippen LogP contribution in [-0.4, -0.2) is 64.0 Å². The maximum absolute atomic E-state index is 12.2. The Morgan fingerprint density at radius 3 is 2.34 bits per heavy atom. The van der Waals surface area contributed by atoms with Crippen molar-refractivity contribution in [3.05, 3.63) is 48.5 Å². The molecular weight excluding hydrogens is 575 g/mol. The summed E-state index contributed by atoms with van der Waals surface area (Å²) in [5, 5.41) is 0. The van der Waals surface area contributed by atoms with Gasteiger partial charge in [-0.05, 0) is 0 Å². The number of ether oxygens (including phenoxy) is 3. The van der Waals surface area contributed by atoms with Gasteiger partial charge < -0.3 is 39.5 Å². The Bertz CT molecular complexity index is 1470. The zero-order valence-corrected chi connectivity index (χ0v) is 21.5. The van der Waals surface area contributed by atoms with E-state index in [1.165, 1.54) is 17.2 Å². The number of anilines is 1. The lowest BCUT2D eigenvalue weighted by atomic mass is 10.1. The maximum atomic E-state index is 12.2. The lowest BCUT2D eigenvalue weighted by molar-refractivity contribution is -0.152. The fourth-order valence-electron chi connectivity index (χ4n) is 3.99. The van der Waals surface area contributed by atoms with Gasteiger partial charge in [0.05, 0.1) is 12.9 Å². The topological polar surface area (TPSA) is 257 Å². The monoisotopic (exact) mass is 595 g/mol. The van der Waals surface area contributed by atoms with E-state index in [4.69, 9.17) is 34.3 Å². The van der Waals surface area contributed by atoms with E-state index in [-0.39, 0.29) is 5.82 Å². The summed E-state index contributed by atoms with van der Waals surface area (Å²) in [6.07, 6.45) is -1.99. The number of rotatable bonds is 9. The van der Waals surface area contributed by atoms with Crippen LogP contribution >= 0.6 is 23.5 Å². The minimum absolute atomic E-state index is 0.123. The molecule has 0 radical (unpaired) electrons. The van der Waals surface area contributed by atoms with Crippen molar-refractivity contribution in [1.82, 2.24) is 19.5 Å². The van der Waals surface area contributed by atoms with E-state index >= 15 is 0 Å². The largest absolute Gasteiger partial charge is 0.490 e. The highest BCUT2D eigenvalue weighted by Gasteiger charge is 2.55. The van der Waals surface area contributed by atoms with E-state index < -0.39 is 60.9 Å². The van der Waals surface area contributed by atoms with Gasteiger partial charge in [0.15, 0.2) is 24.0 Å². The van der Waals surface area contributed by atoms with Crippen molar-refractivity contribution in [2.75, 3.05) is 12.3 Å². The van der Waals surface area contributed by atoms with Crippen LogP contribution in [0, 0.1) is 0 Å². The van der Waals surface area contributed by atoms with Crippen LogP contribution in [0.25, 0.3) is 11.2 Å². The highest BCUT2D eigenvalue weighted by molar-refractivity contribution is 7.66. The normalized spacial score (nSPS) is 28.7. The number of hydrogen-bond donors (Lipinski definition) is 5. The highest BCUT2D eigenvalue weighted by Crippen LogP contribution is 2.66. The Morgan fingerprint density at radius 2 is 1.63 bits per heavy atom. The summed E-state index contributed by atoms with van der Waals surface area (Å²) in [4.78, 5) is 48.9. The number of phosphoric acid groups is 3. The van der Waals surface area contributed by atoms with Crippen LogP contribution in [0.15, 0.2) is 43.0 Å². The van der Waals surface area contributed by atoms with E-state index in [0.29, 0.717) is 16.7 Å². The van der Waals surface area contributed by atoms with Crippen molar-refractivity contribution in [3.63, 3.8) is 0 Å². The standard InChI is InChI=1S/C17H20N5O13P3/c18-14-11-15(20-7-19-14)22(8-21-11)16-13-12(32-17(33-13)9-4-2-1-3-5-9)10(31-16)6-30-37(26,27)35-38(28,29)34-36(23,24)25/h1-5,7-8,10,12-13,16-17H,6H2,(H,26,27)(H,28,29)(H2,18,19,20)(H2,23,24,25)/t10-,12-,13-,16-,17-/m1/s1. The summed E-state index contributed by atoms with van der Waals surface area (Å²) < 4.78 is 66.6. The number of nitrogens with two attached hydrogens (primary N) is 1. The first kappa shape index (κ1) is 27.4. The number of fused-ring (bicyclic) bond motifs is 2. The first-order valence-electron chi connectivity index (χ1n) is 10.5. The number of imidazole rings is 1. The second-order valence-corrected chi connectivity index (χ2v) is 12.4. The number of benzene rings is 1. The van der Waals surface area contributed by atoms with Crippen LogP contribution in [0.2, 0.25) is 0 Å². The molecule has 4 heterocycles. The molecule has 6 N–H and O–H groups in total. The first-order chi connectivity index (χ1) is 17.8. The molecule has 21 heteroatoms. The Labute approximate surface area is 212 Å². The average molecular weight is 595 g/mol. The van der Waals surface area contributed by atoms with Gasteiger partial charge in [-0.2, -0.15) is 8.62 Å².